The van der Waals surface area contributed by atoms with Crippen LogP contribution < -0.4 is 10.1 Å². The van der Waals surface area contributed by atoms with E-state index in [0.29, 0.717) is 20.9 Å². The number of anilines is 1. The Morgan fingerprint density at radius 1 is 1.35 bits per heavy atom. The first-order valence-corrected chi connectivity index (χ1v) is 8.76. The highest BCUT2D eigenvalue weighted by Gasteiger charge is 2.13. The van der Waals surface area contributed by atoms with Crippen LogP contribution in [0.5, 0.6) is 5.75 Å². The van der Waals surface area contributed by atoms with Crippen molar-refractivity contribution in [1.82, 2.24) is 4.98 Å². The number of carbonyl (C=O) groups excluding carboxylic acids is 1. The molecule has 23 heavy (non-hydrogen) atoms. The Bertz CT molecular complexity index is 882. The second-order valence-corrected chi connectivity index (χ2v) is 6.85. The quantitative estimate of drug-likeness (QED) is 0.597. The lowest BCUT2D eigenvalue weighted by Crippen LogP contribution is -2.13. The molecule has 1 amide bonds. The summed E-state index contributed by atoms with van der Waals surface area (Å²) >= 11 is 3.31. The van der Waals surface area contributed by atoms with Crippen LogP contribution in [-0.4, -0.2) is 17.5 Å². The topological polar surface area (TPSA) is 51.2 Å². The van der Waals surface area contributed by atoms with E-state index in [1.54, 1.807) is 0 Å². The summed E-state index contributed by atoms with van der Waals surface area (Å²) in [6.07, 6.45) is 0. The number of halogens is 2. The molecule has 1 aromatic heterocycles. The van der Waals surface area contributed by atoms with Crippen molar-refractivity contribution in [3.63, 3.8) is 0 Å². The molecule has 118 valence electrons. The minimum atomic E-state index is -0.366. The molecular weight excluding hydrogens is 430 g/mol. The highest BCUT2D eigenvalue weighted by atomic mass is 127. The van der Waals surface area contributed by atoms with Gasteiger partial charge in [-0.15, -0.1) is 0 Å². The lowest BCUT2D eigenvalue weighted by Gasteiger charge is -2.03. The summed E-state index contributed by atoms with van der Waals surface area (Å²) < 4.78 is 20.1. The van der Waals surface area contributed by atoms with Crippen LogP contribution >= 0.6 is 33.9 Å². The molecule has 0 radical (unpaired) electrons. The molecule has 0 spiro atoms. The molecule has 0 fully saturated rings. The van der Waals surface area contributed by atoms with Crippen molar-refractivity contribution in [3.8, 4) is 5.75 Å². The molecule has 0 aliphatic heterocycles. The Morgan fingerprint density at radius 3 is 2.91 bits per heavy atom. The number of benzene rings is 2. The summed E-state index contributed by atoms with van der Waals surface area (Å²) in [5.74, 6) is 0.0995. The molecule has 0 aliphatic rings. The number of nitrogens with zero attached hydrogens (tertiary/aromatic N) is 1. The minimum Gasteiger partial charge on any atom is -0.494 e. The van der Waals surface area contributed by atoms with Crippen molar-refractivity contribution in [2.45, 2.75) is 6.92 Å². The smallest absolute Gasteiger partial charge is 0.258 e. The van der Waals surface area contributed by atoms with E-state index in [2.05, 4.69) is 10.3 Å². The number of aromatic nitrogens is 1. The fourth-order valence-electron chi connectivity index (χ4n) is 2.05. The standard InChI is InChI=1S/C16H12FIN2O2S/c1-2-22-10-4-6-13-14(8-10)23-16(19-13)20-15(21)11-5-3-9(17)7-12(11)18/h3-8H,2H2,1H3,(H,19,20,21). The number of carbonyl (C=O) groups is 1. The van der Waals surface area contributed by atoms with Crippen molar-refractivity contribution < 1.29 is 13.9 Å². The molecular formula is C16H12FIN2O2S. The van der Waals surface area contributed by atoms with Crippen LogP contribution in [0, 0.1) is 9.39 Å². The van der Waals surface area contributed by atoms with Crippen molar-refractivity contribution in [1.29, 1.82) is 0 Å². The maximum absolute atomic E-state index is 13.1. The van der Waals surface area contributed by atoms with Gasteiger partial charge in [-0.1, -0.05) is 11.3 Å². The fraction of sp³-hybridized carbons (Fsp3) is 0.125. The van der Waals surface area contributed by atoms with Gasteiger partial charge in [0.25, 0.3) is 5.91 Å². The van der Waals surface area contributed by atoms with Gasteiger partial charge in [0.05, 0.1) is 22.4 Å². The van der Waals surface area contributed by atoms with Gasteiger partial charge < -0.3 is 4.74 Å². The third kappa shape index (κ3) is 3.61. The molecule has 1 heterocycles. The molecule has 4 nitrogen and oxygen atoms in total. The maximum atomic E-state index is 13.1. The van der Waals surface area contributed by atoms with E-state index < -0.39 is 0 Å². The SMILES string of the molecule is CCOc1ccc2nc(NC(=O)c3ccc(F)cc3I)sc2c1. The Hall–Kier alpha value is -1.74. The van der Waals surface area contributed by atoms with E-state index in [9.17, 15) is 9.18 Å². The molecule has 3 rings (SSSR count). The van der Waals surface area contributed by atoms with E-state index in [1.165, 1.54) is 29.5 Å². The van der Waals surface area contributed by atoms with Crippen LogP contribution in [0.2, 0.25) is 0 Å². The van der Waals surface area contributed by atoms with Crippen LogP contribution in [0.25, 0.3) is 10.2 Å². The predicted octanol–water partition coefficient (Wildman–Crippen LogP) is 4.69. The van der Waals surface area contributed by atoms with Gasteiger partial charge in [-0.2, -0.15) is 0 Å². The first-order chi connectivity index (χ1) is 11.1. The van der Waals surface area contributed by atoms with Crippen molar-refractivity contribution in [2.75, 3.05) is 11.9 Å². The molecule has 1 N–H and O–H groups in total. The fourth-order valence-corrected chi connectivity index (χ4v) is 3.66. The Balaban J connectivity index is 1.84. The average Bonchev–Trinajstić information content (AvgIpc) is 2.88. The zero-order chi connectivity index (χ0) is 16.4. The molecule has 2 aromatic carbocycles. The van der Waals surface area contributed by atoms with Gasteiger partial charge in [-0.25, -0.2) is 9.37 Å². The van der Waals surface area contributed by atoms with Gasteiger partial charge in [-0.05, 0) is 65.9 Å². The lowest BCUT2D eigenvalue weighted by molar-refractivity contribution is 0.102. The lowest BCUT2D eigenvalue weighted by atomic mass is 10.2. The van der Waals surface area contributed by atoms with Gasteiger partial charge >= 0.3 is 0 Å². The minimum absolute atomic E-state index is 0.307. The number of amides is 1. The zero-order valence-corrected chi connectivity index (χ0v) is 15.1. The molecule has 0 unspecified atom stereocenters. The number of hydrogen-bond acceptors (Lipinski definition) is 4. The highest BCUT2D eigenvalue weighted by Crippen LogP contribution is 2.29. The third-order valence-electron chi connectivity index (χ3n) is 3.07. The number of hydrogen-bond donors (Lipinski definition) is 1. The number of ether oxygens (including phenoxy) is 1. The summed E-state index contributed by atoms with van der Waals surface area (Å²) in [6, 6.07) is 9.65. The van der Waals surface area contributed by atoms with Crippen molar-refractivity contribution >= 4 is 55.2 Å². The third-order valence-corrected chi connectivity index (χ3v) is 4.89. The first-order valence-electron chi connectivity index (χ1n) is 6.86. The van der Waals surface area contributed by atoms with Crippen LogP contribution in [0.4, 0.5) is 9.52 Å². The van der Waals surface area contributed by atoms with E-state index in [1.807, 2.05) is 47.7 Å². The average molecular weight is 442 g/mol. The Kier molecular flexibility index (Phi) is 4.76. The number of thiazole rings is 1. The van der Waals surface area contributed by atoms with Gasteiger partial charge in [0.2, 0.25) is 0 Å². The molecule has 0 bridgehead atoms. The molecule has 0 saturated carbocycles. The summed E-state index contributed by atoms with van der Waals surface area (Å²) in [6.45, 7) is 2.52. The van der Waals surface area contributed by atoms with Crippen LogP contribution in [0.1, 0.15) is 17.3 Å². The van der Waals surface area contributed by atoms with Gasteiger partial charge in [0, 0.05) is 3.57 Å². The largest absolute Gasteiger partial charge is 0.494 e. The van der Waals surface area contributed by atoms with Crippen molar-refractivity contribution in [3.05, 3.63) is 51.3 Å². The molecule has 7 heteroatoms. The molecule has 0 atom stereocenters. The van der Waals surface area contributed by atoms with Gasteiger partial charge in [-0.3, -0.25) is 10.1 Å². The Labute approximate surface area is 149 Å². The highest BCUT2D eigenvalue weighted by molar-refractivity contribution is 14.1. The number of fused-ring (bicyclic) bond motifs is 1. The van der Waals surface area contributed by atoms with E-state index in [-0.39, 0.29) is 11.7 Å². The molecule has 0 saturated heterocycles. The zero-order valence-electron chi connectivity index (χ0n) is 12.1. The van der Waals surface area contributed by atoms with E-state index in [0.717, 1.165) is 16.0 Å². The Morgan fingerprint density at radius 2 is 2.17 bits per heavy atom. The monoisotopic (exact) mass is 442 g/mol. The molecule has 0 aliphatic carbocycles. The molecule has 3 aromatic rings. The van der Waals surface area contributed by atoms with Crippen LogP contribution in [-0.2, 0) is 0 Å². The van der Waals surface area contributed by atoms with E-state index >= 15 is 0 Å². The van der Waals surface area contributed by atoms with Crippen molar-refractivity contribution in [2.24, 2.45) is 0 Å². The second-order valence-electron chi connectivity index (χ2n) is 4.66. The van der Waals surface area contributed by atoms with E-state index in [4.69, 9.17) is 4.74 Å². The summed E-state index contributed by atoms with van der Waals surface area (Å²) in [7, 11) is 0. The van der Waals surface area contributed by atoms with Crippen LogP contribution in [0.15, 0.2) is 36.4 Å². The summed E-state index contributed by atoms with van der Waals surface area (Å²) in [4.78, 5) is 16.7. The first kappa shape index (κ1) is 16.1. The van der Waals surface area contributed by atoms with Gasteiger partial charge in [0.1, 0.15) is 11.6 Å². The van der Waals surface area contributed by atoms with Crippen LogP contribution in [0.3, 0.4) is 0 Å². The number of rotatable bonds is 4. The summed E-state index contributed by atoms with van der Waals surface area (Å²) in [5, 5.41) is 3.26. The second kappa shape index (κ2) is 6.79. The summed E-state index contributed by atoms with van der Waals surface area (Å²) in [5.41, 5.74) is 1.21. The normalized spacial score (nSPS) is 10.7. The predicted molar refractivity (Wildman–Crippen MR) is 97.9 cm³/mol. The number of nitrogens with one attached hydrogen (secondary N) is 1. The maximum Gasteiger partial charge on any atom is 0.258 e. The van der Waals surface area contributed by atoms with Gasteiger partial charge in [0.15, 0.2) is 5.13 Å².